The van der Waals surface area contributed by atoms with Gasteiger partial charge >= 0.3 is 0 Å². The molecule has 8 heteroatoms. The van der Waals surface area contributed by atoms with Crippen molar-refractivity contribution in [1.29, 1.82) is 0 Å². The van der Waals surface area contributed by atoms with Gasteiger partial charge in [-0.05, 0) is 31.5 Å². The fourth-order valence-corrected chi connectivity index (χ4v) is 2.46. The van der Waals surface area contributed by atoms with E-state index in [0.29, 0.717) is 30.0 Å². The first-order valence-electron chi connectivity index (χ1n) is 7.88. The average Bonchev–Trinajstić information content (AvgIpc) is 3.13. The van der Waals surface area contributed by atoms with Gasteiger partial charge < -0.3 is 10.3 Å². The third kappa shape index (κ3) is 4.17. The van der Waals surface area contributed by atoms with E-state index in [-0.39, 0.29) is 17.9 Å². The molecule has 0 unspecified atom stereocenters. The van der Waals surface area contributed by atoms with Crippen LogP contribution in [0.25, 0.3) is 11.4 Å². The maximum atomic E-state index is 12.3. The molecule has 0 spiro atoms. The van der Waals surface area contributed by atoms with Crippen molar-refractivity contribution in [2.24, 2.45) is 0 Å². The number of aryl methyl sites for hydroxylation is 1. The molecule has 0 aromatic carbocycles. The van der Waals surface area contributed by atoms with Crippen LogP contribution in [0.1, 0.15) is 23.4 Å². The second kappa shape index (κ2) is 7.52. The highest BCUT2D eigenvalue weighted by Crippen LogP contribution is 2.13. The van der Waals surface area contributed by atoms with Crippen LogP contribution in [0.5, 0.6) is 0 Å². The lowest BCUT2D eigenvalue weighted by Crippen LogP contribution is -2.25. The van der Waals surface area contributed by atoms with Crippen LogP contribution in [0.2, 0.25) is 0 Å². The normalized spacial score (nSPS) is 10.6. The van der Waals surface area contributed by atoms with E-state index in [1.54, 1.807) is 43.7 Å². The zero-order valence-corrected chi connectivity index (χ0v) is 13.7. The van der Waals surface area contributed by atoms with Gasteiger partial charge in [0.25, 0.3) is 5.56 Å². The Labute approximate surface area is 143 Å². The maximum absolute atomic E-state index is 12.3. The summed E-state index contributed by atoms with van der Waals surface area (Å²) < 4.78 is 0. The number of H-pyrrole nitrogens is 2. The molecule has 0 saturated carbocycles. The van der Waals surface area contributed by atoms with Crippen LogP contribution in [0, 0.1) is 6.92 Å². The number of nitrogens with zero attached hydrogens (tertiary/aromatic N) is 3. The number of carbonyl (C=O) groups excluding carboxylic acids is 1. The number of hydrogen-bond acceptors (Lipinski definition) is 5. The zero-order chi connectivity index (χ0) is 17.6. The second-order valence-corrected chi connectivity index (χ2v) is 5.57. The van der Waals surface area contributed by atoms with E-state index in [1.807, 2.05) is 0 Å². The number of rotatable bonds is 6. The summed E-state index contributed by atoms with van der Waals surface area (Å²) in [5.74, 6) is 0.365. The number of hydrogen-bond donors (Lipinski definition) is 3. The molecule has 3 aromatic heterocycles. The summed E-state index contributed by atoms with van der Waals surface area (Å²) in [7, 11) is 0. The van der Waals surface area contributed by atoms with Crippen LogP contribution in [-0.4, -0.2) is 31.1 Å². The molecule has 8 nitrogen and oxygen atoms in total. The standard InChI is InChI=1S/C17H18N6O2/c1-11-14(2-3-15(24)19-10-13-6-9-20-23-13)17(25)22-16(21-11)12-4-7-18-8-5-12/h4-9H,2-3,10H2,1H3,(H,19,24)(H,20,23)(H,21,22,25). The highest BCUT2D eigenvalue weighted by molar-refractivity contribution is 5.76. The number of aromatic amines is 2. The molecule has 3 heterocycles. The lowest BCUT2D eigenvalue weighted by atomic mass is 10.1. The molecular weight excluding hydrogens is 320 g/mol. The summed E-state index contributed by atoms with van der Waals surface area (Å²) in [5.41, 5.74) is 2.54. The van der Waals surface area contributed by atoms with Crippen LogP contribution in [0.15, 0.2) is 41.6 Å². The Hall–Kier alpha value is -3.29. The Kier molecular flexibility index (Phi) is 4.98. The molecule has 0 saturated heterocycles. The van der Waals surface area contributed by atoms with Gasteiger partial charge in [-0.2, -0.15) is 5.10 Å². The van der Waals surface area contributed by atoms with E-state index in [9.17, 15) is 9.59 Å². The van der Waals surface area contributed by atoms with Crippen molar-refractivity contribution in [2.45, 2.75) is 26.3 Å². The molecule has 0 aliphatic carbocycles. The molecule has 0 fully saturated rings. The van der Waals surface area contributed by atoms with Crippen LogP contribution >= 0.6 is 0 Å². The number of aromatic nitrogens is 5. The maximum Gasteiger partial charge on any atom is 0.254 e. The fraction of sp³-hybridized carbons (Fsp3) is 0.235. The van der Waals surface area contributed by atoms with Gasteiger partial charge in [0.1, 0.15) is 5.82 Å². The SMILES string of the molecule is Cc1nc(-c2ccncc2)[nH]c(=O)c1CCC(=O)NCc1ccn[nH]1. The van der Waals surface area contributed by atoms with Gasteiger partial charge in [-0.25, -0.2) is 4.98 Å². The van der Waals surface area contributed by atoms with Gasteiger partial charge in [0.2, 0.25) is 5.91 Å². The molecule has 3 rings (SSSR count). The minimum Gasteiger partial charge on any atom is -0.350 e. The number of nitrogens with one attached hydrogen (secondary N) is 3. The van der Waals surface area contributed by atoms with Crippen molar-refractivity contribution in [3.63, 3.8) is 0 Å². The van der Waals surface area contributed by atoms with Crippen LogP contribution in [0.4, 0.5) is 0 Å². The molecule has 1 amide bonds. The summed E-state index contributed by atoms with van der Waals surface area (Å²) in [5, 5.41) is 9.37. The van der Waals surface area contributed by atoms with Gasteiger partial charge in [0.05, 0.1) is 12.2 Å². The van der Waals surface area contributed by atoms with E-state index in [1.165, 1.54) is 0 Å². The molecule has 3 aromatic rings. The molecule has 128 valence electrons. The van der Waals surface area contributed by atoms with Crippen molar-refractivity contribution >= 4 is 5.91 Å². The average molecular weight is 338 g/mol. The minimum atomic E-state index is -0.222. The first-order chi connectivity index (χ1) is 12.1. The van der Waals surface area contributed by atoms with Crippen LogP contribution in [-0.2, 0) is 17.8 Å². The highest BCUT2D eigenvalue weighted by atomic mass is 16.1. The van der Waals surface area contributed by atoms with Crippen molar-refractivity contribution in [1.82, 2.24) is 30.5 Å². The van der Waals surface area contributed by atoms with E-state index in [4.69, 9.17) is 0 Å². The van der Waals surface area contributed by atoms with Crippen molar-refractivity contribution in [3.8, 4) is 11.4 Å². The lowest BCUT2D eigenvalue weighted by molar-refractivity contribution is -0.121. The third-order valence-electron chi connectivity index (χ3n) is 3.81. The Balaban J connectivity index is 1.64. The van der Waals surface area contributed by atoms with E-state index in [2.05, 4.69) is 30.5 Å². The quantitative estimate of drug-likeness (QED) is 0.622. The van der Waals surface area contributed by atoms with Gasteiger partial charge in [-0.1, -0.05) is 0 Å². The van der Waals surface area contributed by atoms with Gasteiger partial charge in [0.15, 0.2) is 0 Å². The van der Waals surface area contributed by atoms with Crippen molar-refractivity contribution in [2.75, 3.05) is 0 Å². The zero-order valence-electron chi connectivity index (χ0n) is 13.7. The molecule has 0 aliphatic heterocycles. The summed E-state index contributed by atoms with van der Waals surface area (Å²) in [4.78, 5) is 35.4. The minimum absolute atomic E-state index is 0.133. The summed E-state index contributed by atoms with van der Waals surface area (Å²) >= 11 is 0. The van der Waals surface area contributed by atoms with Gasteiger partial charge in [-0.3, -0.25) is 19.7 Å². The lowest BCUT2D eigenvalue weighted by Gasteiger charge is -2.08. The van der Waals surface area contributed by atoms with E-state index >= 15 is 0 Å². The largest absolute Gasteiger partial charge is 0.350 e. The molecule has 0 aliphatic rings. The highest BCUT2D eigenvalue weighted by Gasteiger charge is 2.11. The predicted molar refractivity (Wildman–Crippen MR) is 91.6 cm³/mol. The molecule has 3 N–H and O–H groups in total. The molecular formula is C17H18N6O2. The van der Waals surface area contributed by atoms with E-state index in [0.717, 1.165) is 11.3 Å². The first-order valence-corrected chi connectivity index (χ1v) is 7.88. The topological polar surface area (TPSA) is 116 Å². The number of carbonyl (C=O) groups is 1. The van der Waals surface area contributed by atoms with Crippen LogP contribution < -0.4 is 10.9 Å². The Morgan fingerprint density at radius 1 is 1.20 bits per heavy atom. The second-order valence-electron chi connectivity index (χ2n) is 5.57. The summed E-state index contributed by atoms with van der Waals surface area (Å²) in [6.45, 7) is 2.16. The molecule has 0 radical (unpaired) electrons. The number of pyridine rings is 1. The van der Waals surface area contributed by atoms with Crippen LogP contribution in [0.3, 0.4) is 0 Å². The molecule has 0 atom stereocenters. The van der Waals surface area contributed by atoms with Gasteiger partial charge in [-0.15, -0.1) is 0 Å². The molecule has 25 heavy (non-hydrogen) atoms. The first kappa shape index (κ1) is 16.6. The Morgan fingerprint density at radius 3 is 2.68 bits per heavy atom. The predicted octanol–water partition coefficient (Wildman–Crippen LogP) is 1.11. The molecule has 0 bridgehead atoms. The number of amides is 1. The fourth-order valence-electron chi connectivity index (χ4n) is 2.46. The Morgan fingerprint density at radius 2 is 2.00 bits per heavy atom. The van der Waals surface area contributed by atoms with Crippen molar-refractivity contribution in [3.05, 3.63) is 64.1 Å². The summed E-state index contributed by atoms with van der Waals surface area (Å²) in [6.07, 6.45) is 5.46. The van der Waals surface area contributed by atoms with Crippen molar-refractivity contribution < 1.29 is 4.79 Å². The Bertz CT molecular complexity index is 903. The third-order valence-corrected chi connectivity index (χ3v) is 3.81. The summed E-state index contributed by atoms with van der Waals surface area (Å²) in [6, 6.07) is 5.34. The van der Waals surface area contributed by atoms with E-state index < -0.39 is 0 Å². The monoisotopic (exact) mass is 338 g/mol. The smallest absolute Gasteiger partial charge is 0.254 e. The van der Waals surface area contributed by atoms with Gasteiger partial charge in [0, 0.05) is 41.8 Å².